The third-order valence-electron chi connectivity index (χ3n) is 1.30. The average molecular weight is 239 g/mol. The molecule has 0 spiro atoms. The van der Waals surface area contributed by atoms with Crippen LogP contribution in [0.25, 0.3) is 0 Å². The van der Waals surface area contributed by atoms with E-state index in [0.717, 1.165) is 0 Å². The van der Waals surface area contributed by atoms with Gasteiger partial charge in [-0.3, -0.25) is 0 Å². The van der Waals surface area contributed by atoms with E-state index in [-0.39, 0.29) is 40.0 Å². The molecule has 0 unspecified atom stereocenters. The third-order valence-corrected chi connectivity index (χ3v) is 1.30. The Kier molecular flexibility index (Phi) is 10.0. The molecule has 1 rings (SSSR count). The van der Waals surface area contributed by atoms with Crippen molar-refractivity contribution in [3.05, 3.63) is 35.4 Å². The van der Waals surface area contributed by atoms with Crippen LogP contribution >= 0.6 is 0 Å². The molecule has 0 bridgehead atoms. The maximum atomic E-state index is 4.96. The van der Waals surface area contributed by atoms with Gasteiger partial charge in [0.05, 0.1) is 0 Å². The van der Waals surface area contributed by atoms with Crippen LogP contribution in [0, 0.1) is 13.0 Å². The van der Waals surface area contributed by atoms with Crippen LogP contribution in [0.2, 0.25) is 0 Å². The van der Waals surface area contributed by atoms with Gasteiger partial charge < -0.3 is 21.7 Å². The van der Waals surface area contributed by atoms with Gasteiger partial charge in [0, 0.05) is 13.7 Å². The molecule has 0 radical (unpaired) electrons. The normalized spacial score (nSPS) is 8.17. The number of hydrogen-bond donors (Lipinski definition) is 0. The van der Waals surface area contributed by atoms with Crippen molar-refractivity contribution in [1.29, 1.82) is 0 Å². The van der Waals surface area contributed by atoms with Crippen molar-refractivity contribution in [2.45, 2.75) is 13.5 Å². The van der Waals surface area contributed by atoms with E-state index in [1.807, 2.05) is 12.1 Å². The van der Waals surface area contributed by atoms with Gasteiger partial charge in [-0.15, -0.1) is 5.56 Å². The van der Waals surface area contributed by atoms with E-state index in [9.17, 15) is 0 Å². The monoisotopic (exact) mass is 238 g/mol. The summed E-state index contributed by atoms with van der Waals surface area (Å²) >= 11 is 0. The minimum absolute atomic E-state index is 0. The Hall–Kier alpha value is 0.426. The smallest absolute Gasteiger partial charge is 1.00 e. The Morgan fingerprint density at radius 2 is 2.08 bits per heavy atom. The van der Waals surface area contributed by atoms with Gasteiger partial charge in [0.15, 0.2) is 0 Å². The molecule has 0 aromatic heterocycles. The Bertz CT molecular complexity index is 215. The second kappa shape index (κ2) is 8.04. The Labute approximate surface area is 100 Å². The van der Waals surface area contributed by atoms with Crippen LogP contribution in [0.15, 0.2) is 18.2 Å². The van der Waals surface area contributed by atoms with Crippen molar-refractivity contribution in [3.8, 4) is 0 Å². The first-order valence-electron chi connectivity index (χ1n) is 3.28. The molecule has 12 heavy (non-hydrogen) atoms. The van der Waals surface area contributed by atoms with Crippen molar-refractivity contribution < 1.29 is 21.7 Å². The molecular weight excluding hydrogens is 228 g/mol. The molecule has 1 nitrogen and oxygen atoms in total. The summed E-state index contributed by atoms with van der Waals surface area (Å²) in [4.78, 5) is 0. The zero-order valence-electron chi connectivity index (χ0n) is 7.43. The zero-order chi connectivity index (χ0) is 7.40. The van der Waals surface area contributed by atoms with Crippen LogP contribution in [-0.4, -0.2) is 30.2 Å². The van der Waals surface area contributed by atoms with Gasteiger partial charge in [-0.25, -0.2) is 0 Å². The summed E-state index contributed by atoms with van der Waals surface area (Å²) in [5.74, 6) is 0. The van der Waals surface area contributed by atoms with Crippen molar-refractivity contribution in [2.75, 3.05) is 7.11 Å². The number of halogens is 1. The number of aryl methyl sites for hydroxylation is 1. The summed E-state index contributed by atoms with van der Waals surface area (Å²) < 4.78 is 4.96. The second-order valence-electron chi connectivity index (χ2n) is 2.35. The van der Waals surface area contributed by atoms with Crippen LogP contribution in [0.3, 0.4) is 0 Å². The molecule has 0 saturated heterocycles. The van der Waals surface area contributed by atoms with Gasteiger partial charge in [-0.1, -0.05) is 6.92 Å². The summed E-state index contributed by atoms with van der Waals surface area (Å²) in [5.41, 5.74) is 2.41. The maximum Gasteiger partial charge on any atom is 2.00 e. The SMILES string of the molecule is COCc1c[c-]cc(C)c1.[Br-].[Mg+2]. The van der Waals surface area contributed by atoms with Gasteiger partial charge >= 0.3 is 23.1 Å². The van der Waals surface area contributed by atoms with E-state index in [0.29, 0.717) is 6.61 Å². The predicted molar refractivity (Wildman–Crippen MR) is 46.5 cm³/mol. The molecule has 0 aliphatic carbocycles. The van der Waals surface area contributed by atoms with Crippen LogP contribution in [0.4, 0.5) is 0 Å². The van der Waals surface area contributed by atoms with Gasteiger partial charge in [-0.05, 0) is 0 Å². The first-order valence-corrected chi connectivity index (χ1v) is 3.28. The molecule has 0 N–H and O–H groups in total. The van der Waals surface area contributed by atoms with E-state index >= 15 is 0 Å². The Morgan fingerprint density at radius 1 is 1.42 bits per heavy atom. The Balaban J connectivity index is 0. The molecule has 0 atom stereocenters. The zero-order valence-corrected chi connectivity index (χ0v) is 10.4. The quantitative estimate of drug-likeness (QED) is 0.454. The third kappa shape index (κ3) is 5.14. The van der Waals surface area contributed by atoms with Crippen molar-refractivity contribution in [2.24, 2.45) is 0 Å². The number of hydrogen-bond acceptors (Lipinski definition) is 1. The fourth-order valence-corrected chi connectivity index (χ4v) is 0.906. The molecule has 0 saturated carbocycles. The molecule has 3 heteroatoms. The van der Waals surface area contributed by atoms with Gasteiger partial charge in [-0.2, -0.15) is 29.8 Å². The number of ether oxygens (including phenoxy) is 1. The first-order chi connectivity index (χ1) is 4.83. The van der Waals surface area contributed by atoms with E-state index in [4.69, 9.17) is 4.74 Å². The van der Waals surface area contributed by atoms with E-state index in [2.05, 4.69) is 19.1 Å². The summed E-state index contributed by atoms with van der Waals surface area (Å²) in [6, 6.07) is 9.03. The van der Waals surface area contributed by atoms with E-state index < -0.39 is 0 Å². The fourth-order valence-electron chi connectivity index (χ4n) is 0.906. The van der Waals surface area contributed by atoms with Crippen LogP contribution < -0.4 is 17.0 Å². The molecule has 0 heterocycles. The van der Waals surface area contributed by atoms with Gasteiger partial charge in [0.25, 0.3) is 0 Å². The standard InChI is InChI=1S/C9H11O.BrH.Mg/c1-8-4-3-5-9(6-8)7-10-2;;/h4-6H,7H2,1-2H3;1H;/q-1;;+2/p-1. The van der Waals surface area contributed by atoms with Crippen LogP contribution in [0.1, 0.15) is 11.1 Å². The predicted octanol–water partition coefficient (Wildman–Crippen LogP) is -1.44. The van der Waals surface area contributed by atoms with Crippen molar-refractivity contribution in [3.63, 3.8) is 0 Å². The number of rotatable bonds is 2. The van der Waals surface area contributed by atoms with Crippen LogP contribution in [0.5, 0.6) is 0 Å². The first kappa shape index (κ1) is 14.9. The summed E-state index contributed by atoms with van der Waals surface area (Å²) in [7, 11) is 1.70. The topological polar surface area (TPSA) is 9.23 Å². The van der Waals surface area contributed by atoms with E-state index in [1.54, 1.807) is 7.11 Å². The molecule has 0 aliphatic rings. The molecule has 62 valence electrons. The molecule has 1 aromatic carbocycles. The maximum absolute atomic E-state index is 4.96. The summed E-state index contributed by atoms with van der Waals surface area (Å²) in [5, 5.41) is 0. The molecule has 1 aromatic rings. The van der Waals surface area contributed by atoms with Crippen LogP contribution in [-0.2, 0) is 11.3 Å². The van der Waals surface area contributed by atoms with Crippen molar-refractivity contribution >= 4 is 23.1 Å². The number of methoxy groups -OCH3 is 1. The summed E-state index contributed by atoms with van der Waals surface area (Å²) in [6.45, 7) is 2.73. The van der Waals surface area contributed by atoms with Crippen molar-refractivity contribution in [1.82, 2.24) is 0 Å². The Morgan fingerprint density at radius 3 is 2.58 bits per heavy atom. The second-order valence-corrected chi connectivity index (χ2v) is 2.35. The average Bonchev–Trinajstić information content (AvgIpc) is 1.88. The summed E-state index contributed by atoms with van der Waals surface area (Å²) in [6.07, 6.45) is 0. The minimum atomic E-state index is 0. The largest absolute Gasteiger partial charge is 2.00 e. The molecule has 0 fully saturated rings. The van der Waals surface area contributed by atoms with Gasteiger partial charge in [0.1, 0.15) is 0 Å². The molecule has 0 aliphatic heterocycles. The fraction of sp³-hybridized carbons (Fsp3) is 0.333. The number of benzene rings is 1. The van der Waals surface area contributed by atoms with Gasteiger partial charge in [0.2, 0.25) is 0 Å². The molecular formula is C9H11BrMgO. The molecule has 0 amide bonds. The minimum Gasteiger partial charge on any atom is -1.00 e. The van der Waals surface area contributed by atoms with E-state index in [1.165, 1.54) is 11.1 Å².